The molecule has 1 atom stereocenters. The number of hydrogen-bond acceptors (Lipinski definition) is 3. The van der Waals surface area contributed by atoms with E-state index in [4.69, 9.17) is 16.3 Å². The first-order valence-electron chi connectivity index (χ1n) is 6.81. The number of rotatable bonds is 8. The summed E-state index contributed by atoms with van der Waals surface area (Å²) in [7, 11) is 0. The molecule has 1 aromatic rings. The third-order valence-electron chi connectivity index (χ3n) is 2.87. The maximum absolute atomic E-state index is 11.2. The van der Waals surface area contributed by atoms with Crippen molar-refractivity contribution in [1.82, 2.24) is 5.32 Å². The van der Waals surface area contributed by atoms with Crippen LogP contribution in [0.15, 0.2) is 18.2 Å². The summed E-state index contributed by atoms with van der Waals surface area (Å²) in [5, 5.41) is 12.9. The summed E-state index contributed by atoms with van der Waals surface area (Å²) >= 11 is 5.98. The van der Waals surface area contributed by atoms with E-state index in [2.05, 4.69) is 5.32 Å². The van der Waals surface area contributed by atoms with Crippen LogP contribution in [0.25, 0.3) is 0 Å². The molecule has 0 spiro atoms. The second-order valence-corrected chi connectivity index (χ2v) is 5.52. The summed E-state index contributed by atoms with van der Waals surface area (Å²) in [6.45, 7) is 6.89. The zero-order chi connectivity index (χ0) is 15.1. The smallest absolute Gasteiger partial charge is 0.320 e. The molecule has 0 aromatic heterocycles. The van der Waals surface area contributed by atoms with Crippen molar-refractivity contribution in [2.24, 2.45) is 5.92 Å². The van der Waals surface area contributed by atoms with E-state index in [0.717, 1.165) is 11.3 Å². The van der Waals surface area contributed by atoms with E-state index in [1.54, 1.807) is 18.2 Å². The van der Waals surface area contributed by atoms with Gasteiger partial charge in [-0.1, -0.05) is 25.4 Å². The predicted molar refractivity (Wildman–Crippen MR) is 80.3 cm³/mol. The molecule has 0 radical (unpaired) electrons. The summed E-state index contributed by atoms with van der Waals surface area (Å²) in [5.74, 6) is 0.214. The highest BCUT2D eigenvalue weighted by atomic mass is 35.5. The quantitative estimate of drug-likeness (QED) is 0.773. The van der Waals surface area contributed by atoms with Gasteiger partial charge in [-0.05, 0) is 37.5 Å². The maximum Gasteiger partial charge on any atom is 0.320 e. The Balaban J connectivity index is 2.76. The van der Waals surface area contributed by atoms with Gasteiger partial charge in [-0.25, -0.2) is 0 Å². The van der Waals surface area contributed by atoms with Crippen LogP contribution in [0.2, 0.25) is 5.02 Å². The number of carboxylic acid groups (broad SMARTS) is 1. The lowest BCUT2D eigenvalue weighted by molar-refractivity contribution is -0.140. The van der Waals surface area contributed by atoms with Gasteiger partial charge in [0.2, 0.25) is 0 Å². The fourth-order valence-corrected chi connectivity index (χ4v) is 2.15. The second-order valence-electron chi connectivity index (χ2n) is 5.09. The third kappa shape index (κ3) is 5.39. The number of carboxylic acids is 1. The normalized spacial score (nSPS) is 12.4. The molecule has 2 N–H and O–H groups in total. The Hall–Kier alpha value is -1.26. The zero-order valence-electron chi connectivity index (χ0n) is 12.1. The lowest BCUT2D eigenvalue weighted by Crippen LogP contribution is -2.37. The molecule has 0 bridgehead atoms. The minimum atomic E-state index is -0.835. The van der Waals surface area contributed by atoms with Crippen molar-refractivity contribution in [3.63, 3.8) is 0 Å². The van der Waals surface area contributed by atoms with Gasteiger partial charge in [0.15, 0.2) is 0 Å². The molecule has 0 unspecified atom stereocenters. The van der Waals surface area contributed by atoms with Gasteiger partial charge in [0.25, 0.3) is 0 Å². The van der Waals surface area contributed by atoms with Crippen LogP contribution >= 0.6 is 11.6 Å². The van der Waals surface area contributed by atoms with Crippen LogP contribution in [-0.4, -0.2) is 23.7 Å². The summed E-state index contributed by atoms with van der Waals surface area (Å²) in [5.41, 5.74) is 0.870. The fourth-order valence-electron chi connectivity index (χ4n) is 1.96. The first kappa shape index (κ1) is 16.8. The standard InChI is InChI=1S/C15H22ClNO3/c1-4-20-14-6-5-12(16)8-11(14)9-17-13(15(18)19)7-10(2)3/h5-6,8,10,13,17H,4,7,9H2,1-3H3,(H,18,19)/t13-/m0/s1. The lowest BCUT2D eigenvalue weighted by Gasteiger charge is -2.18. The molecule has 0 aliphatic heterocycles. The number of halogens is 1. The molecule has 0 fully saturated rings. The van der Waals surface area contributed by atoms with Gasteiger partial charge in [0.05, 0.1) is 6.61 Å². The van der Waals surface area contributed by atoms with Crippen molar-refractivity contribution in [2.45, 2.75) is 39.8 Å². The first-order chi connectivity index (χ1) is 9.43. The van der Waals surface area contributed by atoms with Crippen LogP contribution in [0, 0.1) is 5.92 Å². The SMILES string of the molecule is CCOc1ccc(Cl)cc1CN[C@@H](CC(C)C)C(=O)O. The lowest BCUT2D eigenvalue weighted by atomic mass is 10.0. The molecule has 0 saturated carbocycles. The van der Waals surface area contributed by atoms with Crippen LogP contribution in [-0.2, 0) is 11.3 Å². The van der Waals surface area contributed by atoms with Gasteiger partial charge in [-0.3, -0.25) is 4.79 Å². The van der Waals surface area contributed by atoms with E-state index in [0.29, 0.717) is 30.5 Å². The van der Waals surface area contributed by atoms with Crippen LogP contribution < -0.4 is 10.1 Å². The van der Waals surface area contributed by atoms with Gasteiger partial charge in [0.1, 0.15) is 11.8 Å². The van der Waals surface area contributed by atoms with Crippen molar-refractivity contribution in [2.75, 3.05) is 6.61 Å². The molecule has 1 rings (SSSR count). The molecular formula is C15H22ClNO3. The van der Waals surface area contributed by atoms with Crippen LogP contribution in [0.5, 0.6) is 5.75 Å². The minimum Gasteiger partial charge on any atom is -0.494 e. The summed E-state index contributed by atoms with van der Waals surface area (Å²) < 4.78 is 5.52. The van der Waals surface area contributed by atoms with E-state index in [-0.39, 0.29) is 0 Å². The van der Waals surface area contributed by atoms with Crippen LogP contribution in [0.4, 0.5) is 0 Å². The van der Waals surface area contributed by atoms with Crippen LogP contribution in [0.3, 0.4) is 0 Å². The minimum absolute atomic E-state index is 0.314. The number of benzene rings is 1. The van der Waals surface area contributed by atoms with Gasteiger partial charge < -0.3 is 15.2 Å². The highest BCUT2D eigenvalue weighted by Gasteiger charge is 2.18. The van der Waals surface area contributed by atoms with Gasteiger partial charge in [-0.2, -0.15) is 0 Å². The number of hydrogen-bond donors (Lipinski definition) is 2. The highest BCUT2D eigenvalue weighted by Crippen LogP contribution is 2.23. The monoisotopic (exact) mass is 299 g/mol. The Labute approximate surface area is 125 Å². The first-order valence-corrected chi connectivity index (χ1v) is 7.19. The topological polar surface area (TPSA) is 58.6 Å². The summed E-state index contributed by atoms with van der Waals surface area (Å²) in [6, 6.07) is 4.80. The molecule has 112 valence electrons. The molecule has 0 aliphatic carbocycles. The predicted octanol–water partition coefficient (Wildman–Crippen LogP) is 3.33. The van der Waals surface area contributed by atoms with E-state index >= 15 is 0 Å². The molecule has 0 heterocycles. The van der Waals surface area contributed by atoms with E-state index < -0.39 is 12.0 Å². The van der Waals surface area contributed by atoms with Crippen molar-refractivity contribution in [1.29, 1.82) is 0 Å². The average molecular weight is 300 g/mol. The van der Waals surface area contributed by atoms with Gasteiger partial charge >= 0.3 is 5.97 Å². The van der Waals surface area contributed by atoms with E-state index in [1.165, 1.54) is 0 Å². The zero-order valence-corrected chi connectivity index (χ0v) is 12.9. The average Bonchev–Trinajstić information content (AvgIpc) is 2.36. The molecule has 1 aromatic carbocycles. The Morgan fingerprint density at radius 1 is 1.45 bits per heavy atom. The van der Waals surface area contributed by atoms with Crippen molar-refractivity contribution >= 4 is 17.6 Å². The Bertz CT molecular complexity index is 449. The maximum atomic E-state index is 11.2. The van der Waals surface area contributed by atoms with Crippen molar-refractivity contribution < 1.29 is 14.6 Å². The summed E-state index contributed by atoms with van der Waals surface area (Å²) in [6.07, 6.45) is 0.583. The number of nitrogens with one attached hydrogen (secondary N) is 1. The number of carbonyl (C=O) groups is 1. The molecule has 4 nitrogen and oxygen atoms in total. The Kier molecular flexibility index (Phi) is 6.82. The van der Waals surface area contributed by atoms with Gasteiger partial charge in [0, 0.05) is 17.1 Å². The fraction of sp³-hybridized carbons (Fsp3) is 0.533. The molecule has 0 saturated heterocycles. The summed E-state index contributed by atoms with van der Waals surface area (Å²) in [4.78, 5) is 11.2. The van der Waals surface area contributed by atoms with Crippen molar-refractivity contribution in [3.8, 4) is 5.75 Å². The Morgan fingerprint density at radius 3 is 2.70 bits per heavy atom. The van der Waals surface area contributed by atoms with Gasteiger partial charge in [-0.15, -0.1) is 0 Å². The molecular weight excluding hydrogens is 278 g/mol. The number of ether oxygens (including phenoxy) is 1. The highest BCUT2D eigenvalue weighted by molar-refractivity contribution is 6.30. The molecule has 20 heavy (non-hydrogen) atoms. The largest absolute Gasteiger partial charge is 0.494 e. The van der Waals surface area contributed by atoms with Crippen LogP contribution in [0.1, 0.15) is 32.8 Å². The second kappa shape index (κ2) is 8.12. The van der Waals surface area contributed by atoms with Crippen molar-refractivity contribution in [3.05, 3.63) is 28.8 Å². The molecule has 0 amide bonds. The molecule has 0 aliphatic rings. The number of aliphatic carboxylic acids is 1. The van der Waals surface area contributed by atoms with E-state index in [9.17, 15) is 9.90 Å². The molecule has 5 heteroatoms. The third-order valence-corrected chi connectivity index (χ3v) is 3.10. The Morgan fingerprint density at radius 2 is 2.15 bits per heavy atom. The van der Waals surface area contributed by atoms with E-state index in [1.807, 2.05) is 20.8 Å².